The van der Waals surface area contributed by atoms with Crippen molar-refractivity contribution in [2.75, 3.05) is 6.54 Å². The number of thiazole rings is 1. The van der Waals surface area contributed by atoms with Crippen LogP contribution in [0.15, 0.2) is 30.3 Å². The Bertz CT molecular complexity index is 505. The van der Waals surface area contributed by atoms with Crippen molar-refractivity contribution in [2.45, 2.75) is 39.7 Å². The van der Waals surface area contributed by atoms with Crippen LogP contribution in [0, 0.1) is 13.8 Å². The van der Waals surface area contributed by atoms with Crippen molar-refractivity contribution in [1.29, 1.82) is 0 Å². The molecule has 1 N–H and O–H groups in total. The van der Waals surface area contributed by atoms with Crippen molar-refractivity contribution in [1.82, 2.24) is 10.3 Å². The van der Waals surface area contributed by atoms with E-state index in [-0.39, 0.29) is 0 Å². The summed E-state index contributed by atoms with van der Waals surface area (Å²) in [6, 6.07) is 11.0. The standard InChI is InChI=1S/C16H22N2S/c1-12(16-13(2)19-14(3)18-16)17-11-7-10-15-8-5-4-6-9-15/h4-6,8-9,12,17H,7,10-11H2,1-3H3. The Morgan fingerprint density at radius 2 is 1.95 bits per heavy atom. The Hall–Kier alpha value is -1.19. The molecule has 0 aliphatic carbocycles. The van der Waals surface area contributed by atoms with Crippen molar-refractivity contribution in [3.05, 3.63) is 51.5 Å². The molecule has 0 radical (unpaired) electrons. The lowest BCUT2D eigenvalue weighted by molar-refractivity contribution is 0.547. The fraction of sp³-hybridized carbons (Fsp3) is 0.438. The predicted octanol–water partition coefficient (Wildman–Crippen LogP) is 4.04. The summed E-state index contributed by atoms with van der Waals surface area (Å²) in [5, 5.41) is 4.73. The van der Waals surface area contributed by atoms with Gasteiger partial charge in [-0.2, -0.15) is 0 Å². The summed E-state index contributed by atoms with van der Waals surface area (Å²) in [7, 11) is 0. The summed E-state index contributed by atoms with van der Waals surface area (Å²) in [6.07, 6.45) is 2.30. The fourth-order valence-corrected chi connectivity index (χ4v) is 3.21. The third-order valence-electron chi connectivity index (χ3n) is 3.29. The lowest BCUT2D eigenvalue weighted by Crippen LogP contribution is -2.21. The van der Waals surface area contributed by atoms with Gasteiger partial charge in [0.25, 0.3) is 0 Å². The molecular formula is C16H22N2S. The fourth-order valence-electron chi connectivity index (χ4n) is 2.30. The third kappa shape index (κ3) is 4.15. The summed E-state index contributed by atoms with van der Waals surface area (Å²) < 4.78 is 0. The van der Waals surface area contributed by atoms with Crippen LogP contribution in [-0.2, 0) is 6.42 Å². The lowest BCUT2D eigenvalue weighted by atomic mass is 10.1. The zero-order chi connectivity index (χ0) is 13.7. The minimum atomic E-state index is 0.348. The number of benzene rings is 1. The van der Waals surface area contributed by atoms with Gasteiger partial charge >= 0.3 is 0 Å². The van der Waals surface area contributed by atoms with Crippen LogP contribution < -0.4 is 5.32 Å². The van der Waals surface area contributed by atoms with E-state index < -0.39 is 0 Å². The Morgan fingerprint density at radius 1 is 1.21 bits per heavy atom. The molecule has 0 bridgehead atoms. The molecule has 1 atom stereocenters. The van der Waals surface area contributed by atoms with Crippen molar-refractivity contribution >= 4 is 11.3 Å². The zero-order valence-corrected chi connectivity index (χ0v) is 12.8. The second-order valence-corrected chi connectivity index (χ2v) is 6.35. The monoisotopic (exact) mass is 274 g/mol. The maximum Gasteiger partial charge on any atom is 0.0900 e. The molecule has 2 nitrogen and oxygen atoms in total. The second kappa shape index (κ2) is 6.83. The first-order chi connectivity index (χ1) is 9.16. The van der Waals surface area contributed by atoms with Crippen LogP contribution in [0.4, 0.5) is 0 Å². The molecule has 2 aromatic rings. The Balaban J connectivity index is 1.75. The second-order valence-electron chi connectivity index (χ2n) is 4.94. The van der Waals surface area contributed by atoms with Gasteiger partial charge in [-0.1, -0.05) is 30.3 Å². The SMILES string of the molecule is Cc1nc(C(C)NCCCc2ccccc2)c(C)s1. The molecule has 0 amide bonds. The largest absolute Gasteiger partial charge is 0.309 e. The summed E-state index contributed by atoms with van der Waals surface area (Å²) in [5.74, 6) is 0. The van der Waals surface area contributed by atoms with Gasteiger partial charge in [0.05, 0.1) is 10.7 Å². The van der Waals surface area contributed by atoms with E-state index in [1.54, 1.807) is 11.3 Å². The molecule has 0 spiro atoms. The minimum Gasteiger partial charge on any atom is -0.309 e. The average molecular weight is 274 g/mol. The average Bonchev–Trinajstić information content (AvgIpc) is 2.75. The Labute approximate surface area is 119 Å². The number of nitrogens with zero attached hydrogens (tertiary/aromatic N) is 1. The predicted molar refractivity (Wildman–Crippen MR) is 82.8 cm³/mol. The van der Waals surface area contributed by atoms with Crippen molar-refractivity contribution in [2.24, 2.45) is 0 Å². The van der Waals surface area contributed by atoms with E-state index in [4.69, 9.17) is 0 Å². The quantitative estimate of drug-likeness (QED) is 0.804. The van der Waals surface area contributed by atoms with Crippen molar-refractivity contribution in [3.63, 3.8) is 0 Å². The minimum absolute atomic E-state index is 0.348. The first kappa shape index (κ1) is 14.2. The topological polar surface area (TPSA) is 24.9 Å². The number of aromatic nitrogens is 1. The van der Waals surface area contributed by atoms with Gasteiger partial charge in [-0.05, 0) is 45.7 Å². The third-order valence-corrected chi connectivity index (χ3v) is 4.19. The van der Waals surface area contributed by atoms with E-state index in [9.17, 15) is 0 Å². The molecule has 19 heavy (non-hydrogen) atoms. The van der Waals surface area contributed by atoms with Gasteiger partial charge < -0.3 is 5.32 Å². The van der Waals surface area contributed by atoms with E-state index in [2.05, 4.69) is 61.4 Å². The molecule has 3 heteroatoms. The number of hydrogen-bond donors (Lipinski definition) is 1. The van der Waals surface area contributed by atoms with E-state index in [1.807, 2.05) is 0 Å². The zero-order valence-electron chi connectivity index (χ0n) is 11.9. The molecule has 1 aromatic carbocycles. The van der Waals surface area contributed by atoms with Crippen LogP contribution >= 0.6 is 11.3 Å². The van der Waals surface area contributed by atoms with Crippen LogP contribution in [-0.4, -0.2) is 11.5 Å². The summed E-state index contributed by atoms with van der Waals surface area (Å²) >= 11 is 1.78. The molecular weight excluding hydrogens is 252 g/mol. The van der Waals surface area contributed by atoms with Gasteiger partial charge in [-0.15, -0.1) is 11.3 Å². The van der Waals surface area contributed by atoms with Crippen LogP contribution in [0.2, 0.25) is 0 Å². The highest BCUT2D eigenvalue weighted by Gasteiger charge is 2.11. The molecule has 0 fully saturated rings. The Kier molecular flexibility index (Phi) is 5.11. The summed E-state index contributed by atoms with van der Waals surface area (Å²) in [4.78, 5) is 5.94. The van der Waals surface area contributed by atoms with Gasteiger partial charge in [0.15, 0.2) is 0 Å². The maximum absolute atomic E-state index is 4.60. The Morgan fingerprint density at radius 3 is 2.58 bits per heavy atom. The molecule has 1 aromatic heterocycles. The van der Waals surface area contributed by atoms with Gasteiger partial charge in [0.2, 0.25) is 0 Å². The number of aryl methyl sites for hydroxylation is 3. The van der Waals surface area contributed by atoms with Crippen LogP contribution in [0.25, 0.3) is 0 Å². The van der Waals surface area contributed by atoms with Crippen LogP contribution in [0.5, 0.6) is 0 Å². The molecule has 0 saturated heterocycles. The smallest absolute Gasteiger partial charge is 0.0900 e. The maximum atomic E-state index is 4.60. The van der Waals surface area contributed by atoms with E-state index >= 15 is 0 Å². The molecule has 102 valence electrons. The molecule has 1 unspecified atom stereocenters. The summed E-state index contributed by atoms with van der Waals surface area (Å²) in [5.41, 5.74) is 2.62. The number of rotatable bonds is 6. The van der Waals surface area contributed by atoms with Gasteiger partial charge in [0, 0.05) is 10.9 Å². The molecule has 1 heterocycles. The first-order valence-corrected chi connectivity index (χ1v) is 7.69. The van der Waals surface area contributed by atoms with E-state index in [0.29, 0.717) is 6.04 Å². The van der Waals surface area contributed by atoms with E-state index in [1.165, 1.54) is 16.1 Å². The molecule has 0 aliphatic rings. The highest BCUT2D eigenvalue weighted by Crippen LogP contribution is 2.22. The summed E-state index contributed by atoms with van der Waals surface area (Å²) in [6.45, 7) is 7.46. The normalized spacial score (nSPS) is 12.6. The van der Waals surface area contributed by atoms with Crippen molar-refractivity contribution < 1.29 is 0 Å². The van der Waals surface area contributed by atoms with E-state index in [0.717, 1.165) is 24.4 Å². The van der Waals surface area contributed by atoms with Crippen molar-refractivity contribution in [3.8, 4) is 0 Å². The van der Waals surface area contributed by atoms with Gasteiger partial charge in [0.1, 0.15) is 0 Å². The van der Waals surface area contributed by atoms with Crippen LogP contribution in [0.3, 0.4) is 0 Å². The molecule has 2 rings (SSSR count). The number of hydrogen-bond acceptors (Lipinski definition) is 3. The molecule has 0 saturated carbocycles. The highest BCUT2D eigenvalue weighted by atomic mass is 32.1. The lowest BCUT2D eigenvalue weighted by Gasteiger charge is -2.12. The van der Waals surface area contributed by atoms with Crippen LogP contribution in [0.1, 0.15) is 40.5 Å². The highest BCUT2D eigenvalue weighted by molar-refractivity contribution is 7.11. The van der Waals surface area contributed by atoms with Gasteiger partial charge in [-0.25, -0.2) is 4.98 Å². The first-order valence-electron chi connectivity index (χ1n) is 6.88. The molecule has 0 aliphatic heterocycles. The van der Waals surface area contributed by atoms with Gasteiger partial charge in [-0.3, -0.25) is 0 Å². The number of nitrogens with one attached hydrogen (secondary N) is 1.